The summed E-state index contributed by atoms with van der Waals surface area (Å²) >= 11 is 0. The molecule has 240 valence electrons. The first kappa shape index (κ1) is 31.3. The van der Waals surface area contributed by atoms with Crippen LogP contribution in [0.15, 0.2) is 102 Å². The number of H-pyrrole nitrogens is 1. The number of nitrogens with zero attached hydrogens (tertiary/aromatic N) is 1. The van der Waals surface area contributed by atoms with Crippen molar-refractivity contribution in [3.05, 3.63) is 135 Å². The average Bonchev–Trinajstić information content (AvgIpc) is 3.43. The molecule has 0 aliphatic rings. The molecule has 1 unspecified atom stereocenters. The van der Waals surface area contributed by atoms with E-state index in [1.807, 2.05) is 24.3 Å². The number of carbonyl (C=O) groups excluding carboxylic acids is 1. The number of fused-ring (bicyclic) bond motifs is 2. The topological polar surface area (TPSA) is 106 Å². The molecule has 11 heteroatoms. The molecule has 0 saturated heterocycles. The number of aromatic nitrogens is 2. The molecule has 0 aliphatic heterocycles. The molecular weight excluding hydrogens is 611 g/mol. The van der Waals surface area contributed by atoms with E-state index in [0.717, 1.165) is 16.5 Å². The van der Waals surface area contributed by atoms with Crippen LogP contribution in [0.3, 0.4) is 0 Å². The highest BCUT2D eigenvalue weighted by atomic mass is 19.4. The molecule has 8 nitrogen and oxygen atoms in total. The number of aromatic hydroxyl groups is 1. The Hall–Kier alpha value is -5.71. The fourth-order valence-corrected chi connectivity index (χ4v) is 6.07. The van der Waals surface area contributed by atoms with Gasteiger partial charge in [0.15, 0.2) is 0 Å². The van der Waals surface area contributed by atoms with Gasteiger partial charge in [0, 0.05) is 35.6 Å². The van der Waals surface area contributed by atoms with Gasteiger partial charge in [0.2, 0.25) is 0 Å². The minimum atomic E-state index is -4.88. The number of rotatable bonds is 9. The van der Waals surface area contributed by atoms with Gasteiger partial charge in [-0.2, -0.15) is 0 Å². The van der Waals surface area contributed by atoms with Crippen molar-refractivity contribution in [2.75, 3.05) is 13.7 Å². The van der Waals surface area contributed by atoms with Crippen molar-refractivity contribution in [2.24, 2.45) is 7.05 Å². The predicted octanol–water partition coefficient (Wildman–Crippen LogP) is 6.79. The number of hydrogen-bond acceptors (Lipinski definition) is 5. The molecule has 0 bridgehead atoms. The number of amides is 1. The van der Waals surface area contributed by atoms with Crippen LogP contribution in [-0.2, 0) is 13.5 Å². The number of alkyl halides is 3. The normalized spacial score (nSPS) is 12.3. The number of hydrogen-bond donors (Lipinski definition) is 3. The van der Waals surface area contributed by atoms with E-state index in [9.17, 15) is 27.9 Å². The van der Waals surface area contributed by atoms with E-state index in [1.54, 1.807) is 55.6 Å². The summed E-state index contributed by atoms with van der Waals surface area (Å²) in [6.07, 6.45) is -4.56. The average molecular weight is 642 g/mol. The predicted molar refractivity (Wildman–Crippen MR) is 172 cm³/mol. The highest BCUT2D eigenvalue weighted by molar-refractivity contribution is 5.97. The number of halogens is 3. The SMILES string of the molecule is COc1ccccc1C(=O)NCCc1c(C(c2ccc(OC(F)(F)F)cc2)c2c(O)c3ccccc3n(C)c2=O)[nH]c2ccccc12. The van der Waals surface area contributed by atoms with Crippen molar-refractivity contribution in [2.45, 2.75) is 18.7 Å². The molecule has 0 aliphatic carbocycles. The Kier molecular flexibility index (Phi) is 8.38. The highest BCUT2D eigenvalue weighted by Gasteiger charge is 2.33. The maximum atomic E-state index is 14.0. The third kappa shape index (κ3) is 6.11. The Morgan fingerprint density at radius 3 is 2.32 bits per heavy atom. The summed E-state index contributed by atoms with van der Waals surface area (Å²) in [5.74, 6) is -1.50. The summed E-state index contributed by atoms with van der Waals surface area (Å²) in [5.41, 5.74) is 2.94. The van der Waals surface area contributed by atoms with Gasteiger partial charge in [0.05, 0.1) is 29.7 Å². The summed E-state index contributed by atoms with van der Waals surface area (Å²) in [4.78, 5) is 30.6. The molecule has 6 rings (SSSR count). The lowest BCUT2D eigenvalue weighted by atomic mass is 9.85. The molecule has 0 saturated carbocycles. The second-order valence-corrected chi connectivity index (χ2v) is 11.0. The Bertz CT molecular complexity index is 2150. The standard InChI is InChI=1S/C36H30F3N3O5/c1-42-28-13-7-4-10-25(28)33(43)31(35(42)45)30(21-15-17-22(18-16-21)47-36(37,38)39)32-24(23-9-3-6-12-27(23)41-32)19-20-40-34(44)26-11-5-8-14-29(26)46-2/h3-18,30,41,43H,19-20H2,1-2H3,(H,40,44). The minimum Gasteiger partial charge on any atom is -0.507 e. The lowest BCUT2D eigenvalue weighted by Crippen LogP contribution is -2.27. The third-order valence-electron chi connectivity index (χ3n) is 8.19. The van der Waals surface area contributed by atoms with Crippen molar-refractivity contribution < 1.29 is 32.5 Å². The van der Waals surface area contributed by atoms with Crippen molar-refractivity contribution in [1.29, 1.82) is 0 Å². The van der Waals surface area contributed by atoms with Crippen LogP contribution in [-0.4, -0.2) is 40.6 Å². The Morgan fingerprint density at radius 1 is 0.936 bits per heavy atom. The van der Waals surface area contributed by atoms with E-state index in [1.165, 1.54) is 35.9 Å². The zero-order chi connectivity index (χ0) is 33.3. The van der Waals surface area contributed by atoms with Crippen molar-refractivity contribution in [3.63, 3.8) is 0 Å². The molecule has 0 fully saturated rings. The molecule has 47 heavy (non-hydrogen) atoms. The van der Waals surface area contributed by atoms with E-state index in [0.29, 0.717) is 39.9 Å². The summed E-state index contributed by atoms with van der Waals surface area (Å²) in [7, 11) is 3.09. The monoisotopic (exact) mass is 641 g/mol. The van der Waals surface area contributed by atoms with Gasteiger partial charge in [-0.05, 0) is 60.0 Å². The van der Waals surface area contributed by atoms with E-state index in [2.05, 4.69) is 15.0 Å². The Balaban J connectivity index is 1.49. The number of pyridine rings is 1. The maximum absolute atomic E-state index is 14.0. The van der Waals surface area contributed by atoms with Gasteiger partial charge in [-0.1, -0.05) is 54.6 Å². The van der Waals surface area contributed by atoms with Gasteiger partial charge in [-0.15, -0.1) is 13.2 Å². The summed E-state index contributed by atoms with van der Waals surface area (Å²) < 4.78 is 49.8. The number of nitrogens with one attached hydrogen (secondary N) is 2. The van der Waals surface area contributed by atoms with E-state index < -0.39 is 23.6 Å². The fourth-order valence-electron chi connectivity index (χ4n) is 6.07. The first-order chi connectivity index (χ1) is 22.6. The third-order valence-corrected chi connectivity index (χ3v) is 8.19. The van der Waals surface area contributed by atoms with Crippen molar-refractivity contribution in [1.82, 2.24) is 14.9 Å². The molecule has 0 spiro atoms. The van der Waals surface area contributed by atoms with Crippen LogP contribution >= 0.6 is 0 Å². The maximum Gasteiger partial charge on any atom is 0.573 e. The number of aromatic amines is 1. The number of methoxy groups -OCH3 is 1. The number of carbonyl (C=O) groups is 1. The smallest absolute Gasteiger partial charge is 0.507 e. The highest BCUT2D eigenvalue weighted by Crippen LogP contribution is 2.41. The lowest BCUT2D eigenvalue weighted by Gasteiger charge is -2.22. The molecule has 6 aromatic rings. The Morgan fingerprint density at radius 2 is 1.60 bits per heavy atom. The van der Waals surface area contributed by atoms with Gasteiger partial charge in [0.25, 0.3) is 11.5 Å². The van der Waals surface area contributed by atoms with Crippen LogP contribution in [0.1, 0.15) is 38.7 Å². The first-order valence-corrected chi connectivity index (χ1v) is 14.7. The number of ether oxygens (including phenoxy) is 2. The van der Waals surface area contributed by atoms with Crippen LogP contribution in [0.5, 0.6) is 17.2 Å². The Labute approximate surface area is 267 Å². The second-order valence-electron chi connectivity index (χ2n) is 11.0. The molecule has 1 atom stereocenters. The molecule has 4 aromatic carbocycles. The van der Waals surface area contributed by atoms with Crippen molar-refractivity contribution in [3.8, 4) is 17.2 Å². The minimum absolute atomic E-state index is 0.0431. The van der Waals surface area contributed by atoms with Crippen LogP contribution in [0.4, 0.5) is 13.2 Å². The van der Waals surface area contributed by atoms with Gasteiger partial charge in [-0.3, -0.25) is 9.59 Å². The zero-order valence-electron chi connectivity index (χ0n) is 25.4. The van der Waals surface area contributed by atoms with Crippen LogP contribution in [0.2, 0.25) is 0 Å². The van der Waals surface area contributed by atoms with Crippen LogP contribution in [0, 0.1) is 0 Å². The van der Waals surface area contributed by atoms with Crippen molar-refractivity contribution >= 4 is 27.7 Å². The number of para-hydroxylation sites is 3. The largest absolute Gasteiger partial charge is 0.573 e. The zero-order valence-corrected chi connectivity index (χ0v) is 25.4. The molecule has 2 heterocycles. The summed E-state index contributed by atoms with van der Waals surface area (Å²) in [6.45, 7) is 0.207. The van der Waals surface area contributed by atoms with Gasteiger partial charge < -0.3 is 29.4 Å². The van der Waals surface area contributed by atoms with Gasteiger partial charge in [0.1, 0.15) is 17.2 Å². The number of benzene rings is 4. The molecule has 2 aromatic heterocycles. The van der Waals surface area contributed by atoms with E-state index >= 15 is 0 Å². The fraction of sp³-hybridized carbons (Fsp3) is 0.167. The number of aryl methyl sites for hydroxylation is 1. The summed E-state index contributed by atoms with van der Waals surface area (Å²) in [5, 5.41) is 15.9. The second kappa shape index (κ2) is 12.6. The first-order valence-electron chi connectivity index (χ1n) is 14.7. The molecule has 1 amide bonds. The van der Waals surface area contributed by atoms with Gasteiger partial charge in [-0.25, -0.2) is 0 Å². The van der Waals surface area contributed by atoms with E-state index in [-0.39, 0.29) is 23.8 Å². The van der Waals surface area contributed by atoms with E-state index in [4.69, 9.17) is 4.74 Å². The quantitative estimate of drug-likeness (QED) is 0.161. The molecule has 0 radical (unpaired) electrons. The molecule has 3 N–H and O–H groups in total. The lowest BCUT2D eigenvalue weighted by molar-refractivity contribution is -0.274. The summed E-state index contributed by atoms with van der Waals surface area (Å²) in [6, 6.07) is 26.5. The molecular formula is C36H30F3N3O5. The van der Waals surface area contributed by atoms with Crippen LogP contribution < -0.4 is 20.3 Å². The van der Waals surface area contributed by atoms with Gasteiger partial charge >= 0.3 is 6.36 Å². The van der Waals surface area contributed by atoms with Crippen LogP contribution in [0.25, 0.3) is 21.8 Å².